The minimum absolute atomic E-state index is 0.0213. The van der Waals surface area contributed by atoms with Crippen molar-refractivity contribution in [2.75, 3.05) is 4.90 Å². The topological polar surface area (TPSA) is 86.3 Å². The number of aromatic amines is 1. The molecule has 3 aromatic carbocycles. The van der Waals surface area contributed by atoms with Crippen LogP contribution in [0.5, 0.6) is 0 Å². The number of nitrogens with one attached hydrogen (secondary N) is 1. The summed E-state index contributed by atoms with van der Waals surface area (Å²) >= 11 is 0. The summed E-state index contributed by atoms with van der Waals surface area (Å²) in [5.74, 6) is -2.22. The molecule has 182 valence electrons. The van der Waals surface area contributed by atoms with Gasteiger partial charge in [-0.05, 0) is 53.3 Å². The quantitative estimate of drug-likeness (QED) is 0.215. The van der Waals surface area contributed by atoms with Crippen LogP contribution in [0.2, 0.25) is 0 Å². The molecule has 1 saturated heterocycles. The number of anilines is 1. The van der Waals surface area contributed by atoms with Crippen molar-refractivity contribution in [2.24, 2.45) is 0 Å². The van der Waals surface area contributed by atoms with Gasteiger partial charge >= 0.3 is 5.91 Å². The monoisotopic (exact) mass is 483 g/mol. The largest absolute Gasteiger partial charge is 0.507 e. The second-order valence-corrected chi connectivity index (χ2v) is 10.1. The van der Waals surface area contributed by atoms with Gasteiger partial charge in [0.1, 0.15) is 11.6 Å². The van der Waals surface area contributed by atoms with Crippen LogP contribution in [0.15, 0.2) is 72.3 Å². The lowest BCUT2D eigenvalue weighted by molar-refractivity contribution is -0.132. The number of aryl methyl sites for hydroxylation is 1. The Balaban J connectivity index is 1.74. The van der Waals surface area contributed by atoms with Crippen molar-refractivity contribution in [1.82, 2.24) is 9.97 Å². The van der Waals surface area contributed by atoms with E-state index in [9.17, 15) is 19.1 Å². The molecule has 1 fully saturated rings. The fourth-order valence-corrected chi connectivity index (χ4v) is 4.57. The number of imidazole rings is 1. The Morgan fingerprint density at radius 1 is 1.03 bits per heavy atom. The summed E-state index contributed by atoms with van der Waals surface area (Å²) in [6.45, 7) is 8.04. The number of carbonyl (C=O) groups excluding carboxylic acids is 2. The molecule has 0 saturated carbocycles. The Bertz CT molecular complexity index is 1550. The minimum atomic E-state index is -0.922. The molecular formula is C29H26FN3O3. The van der Waals surface area contributed by atoms with Gasteiger partial charge in [0, 0.05) is 5.56 Å². The van der Waals surface area contributed by atoms with Crippen LogP contribution in [-0.4, -0.2) is 26.8 Å². The summed E-state index contributed by atoms with van der Waals surface area (Å²) in [6, 6.07) is 17.9. The molecule has 1 atom stereocenters. The van der Waals surface area contributed by atoms with Gasteiger partial charge in [0.2, 0.25) is 5.95 Å². The number of Topliss-reactive ketones (excluding diaryl/α,β-unsaturated/α-hetero) is 1. The van der Waals surface area contributed by atoms with E-state index in [1.165, 1.54) is 23.1 Å². The summed E-state index contributed by atoms with van der Waals surface area (Å²) in [7, 11) is 0. The number of amides is 1. The minimum Gasteiger partial charge on any atom is -0.507 e. The van der Waals surface area contributed by atoms with Gasteiger partial charge in [0.05, 0.1) is 22.6 Å². The normalized spacial score (nSPS) is 17.8. The lowest BCUT2D eigenvalue weighted by atomic mass is 9.84. The van der Waals surface area contributed by atoms with Crippen molar-refractivity contribution >= 4 is 34.4 Å². The van der Waals surface area contributed by atoms with Crippen LogP contribution in [0.3, 0.4) is 0 Å². The molecule has 0 aliphatic carbocycles. The molecule has 1 unspecified atom stereocenters. The molecule has 4 aromatic rings. The van der Waals surface area contributed by atoms with Gasteiger partial charge in [-0.2, -0.15) is 0 Å². The maximum atomic E-state index is 13.8. The lowest BCUT2D eigenvalue weighted by Gasteiger charge is -2.24. The van der Waals surface area contributed by atoms with Crippen LogP contribution in [-0.2, 0) is 15.0 Å². The van der Waals surface area contributed by atoms with Crippen LogP contribution in [0.25, 0.3) is 16.8 Å². The number of H-pyrrole nitrogens is 1. The third-order valence-electron chi connectivity index (χ3n) is 6.58. The first kappa shape index (κ1) is 23.5. The number of nitrogens with zero attached hydrogens (tertiary/aromatic N) is 2. The highest BCUT2D eigenvalue weighted by atomic mass is 19.1. The second-order valence-electron chi connectivity index (χ2n) is 10.1. The number of carbonyl (C=O) groups is 2. The molecule has 1 aliphatic heterocycles. The smallest absolute Gasteiger partial charge is 0.302 e. The summed E-state index contributed by atoms with van der Waals surface area (Å²) in [5, 5.41) is 11.6. The third-order valence-corrected chi connectivity index (χ3v) is 6.58. The molecule has 1 amide bonds. The number of hydrogen-bond donors (Lipinski definition) is 2. The van der Waals surface area contributed by atoms with Gasteiger partial charge < -0.3 is 10.1 Å². The van der Waals surface area contributed by atoms with E-state index in [-0.39, 0.29) is 22.7 Å². The number of hydrogen-bond acceptors (Lipinski definition) is 4. The van der Waals surface area contributed by atoms with E-state index in [1.807, 2.05) is 31.2 Å². The van der Waals surface area contributed by atoms with Crippen LogP contribution in [0, 0.1) is 12.7 Å². The number of rotatable bonds is 3. The van der Waals surface area contributed by atoms with Crippen LogP contribution < -0.4 is 4.90 Å². The van der Waals surface area contributed by atoms with E-state index in [0.29, 0.717) is 22.2 Å². The average Bonchev–Trinajstić information content (AvgIpc) is 3.36. The molecule has 1 aliphatic rings. The van der Waals surface area contributed by atoms with Gasteiger partial charge in [-0.3, -0.25) is 14.5 Å². The van der Waals surface area contributed by atoms with Gasteiger partial charge in [-0.25, -0.2) is 9.37 Å². The molecule has 0 bridgehead atoms. The van der Waals surface area contributed by atoms with Crippen molar-refractivity contribution in [3.05, 3.63) is 100 Å². The van der Waals surface area contributed by atoms with Gasteiger partial charge in [0.25, 0.3) is 5.78 Å². The number of aromatic nitrogens is 2. The van der Waals surface area contributed by atoms with Crippen molar-refractivity contribution in [3.63, 3.8) is 0 Å². The predicted molar refractivity (Wildman–Crippen MR) is 137 cm³/mol. The highest BCUT2D eigenvalue weighted by Gasteiger charge is 2.48. The zero-order chi connectivity index (χ0) is 25.8. The first-order valence-corrected chi connectivity index (χ1v) is 11.7. The third kappa shape index (κ3) is 3.86. The molecule has 2 N–H and O–H groups in total. The molecule has 36 heavy (non-hydrogen) atoms. The fourth-order valence-electron chi connectivity index (χ4n) is 4.57. The van der Waals surface area contributed by atoms with E-state index in [4.69, 9.17) is 0 Å². The highest BCUT2D eigenvalue weighted by molar-refractivity contribution is 6.51. The SMILES string of the molecule is Cc1ccc(C(C)(C)C)cc1/C(O)=C1\C(=O)C(=O)N(c2nc3ccc(F)cc3[nH]2)C1c1ccccc1. The van der Waals surface area contributed by atoms with Crippen molar-refractivity contribution in [2.45, 2.75) is 39.2 Å². The van der Waals surface area contributed by atoms with Crippen LogP contribution in [0.4, 0.5) is 10.3 Å². The number of fused-ring (bicyclic) bond motifs is 1. The Morgan fingerprint density at radius 2 is 1.75 bits per heavy atom. The van der Waals surface area contributed by atoms with E-state index < -0.39 is 23.5 Å². The molecule has 1 aromatic heterocycles. The van der Waals surface area contributed by atoms with E-state index >= 15 is 0 Å². The Hall–Kier alpha value is -4.26. The summed E-state index contributed by atoms with van der Waals surface area (Å²) in [5.41, 5.74) is 3.53. The summed E-state index contributed by atoms with van der Waals surface area (Å²) in [4.78, 5) is 35.5. The molecule has 2 heterocycles. The van der Waals surface area contributed by atoms with Crippen molar-refractivity contribution in [3.8, 4) is 0 Å². The van der Waals surface area contributed by atoms with Gasteiger partial charge in [-0.15, -0.1) is 0 Å². The molecular weight excluding hydrogens is 457 g/mol. The fraction of sp³-hybridized carbons (Fsp3) is 0.207. The zero-order valence-corrected chi connectivity index (χ0v) is 20.5. The predicted octanol–water partition coefficient (Wildman–Crippen LogP) is 5.93. The average molecular weight is 484 g/mol. The van der Waals surface area contributed by atoms with E-state index in [0.717, 1.165) is 11.1 Å². The first-order valence-electron chi connectivity index (χ1n) is 11.7. The molecule has 7 heteroatoms. The number of aliphatic hydroxyl groups is 1. The highest BCUT2D eigenvalue weighted by Crippen LogP contribution is 2.42. The number of aliphatic hydroxyl groups excluding tert-OH is 1. The van der Waals surface area contributed by atoms with Crippen molar-refractivity contribution < 1.29 is 19.1 Å². The summed E-state index contributed by atoms with van der Waals surface area (Å²) in [6.07, 6.45) is 0. The molecule has 0 radical (unpaired) electrons. The lowest BCUT2D eigenvalue weighted by Crippen LogP contribution is -2.30. The van der Waals surface area contributed by atoms with Crippen LogP contribution in [0.1, 0.15) is 49.1 Å². The standard InChI is InChI=1S/C29H26FN3O3/c1-16-10-11-18(29(2,3)4)14-20(16)25(34)23-24(17-8-6-5-7-9-17)33(27(36)26(23)35)28-31-21-13-12-19(30)15-22(21)32-28/h5-15,24,34H,1-4H3,(H,31,32)/b25-23+. The molecule has 5 rings (SSSR count). The number of benzene rings is 3. The van der Waals surface area contributed by atoms with Crippen LogP contribution >= 0.6 is 0 Å². The maximum Gasteiger partial charge on any atom is 0.302 e. The molecule has 0 spiro atoms. The van der Waals surface area contributed by atoms with Gasteiger partial charge in [-0.1, -0.05) is 63.2 Å². The Kier molecular flexibility index (Phi) is 5.51. The zero-order valence-electron chi connectivity index (χ0n) is 20.5. The number of ketones is 1. The van der Waals surface area contributed by atoms with E-state index in [1.54, 1.807) is 24.3 Å². The first-order chi connectivity index (χ1) is 17.1. The van der Waals surface area contributed by atoms with Gasteiger partial charge in [0.15, 0.2) is 0 Å². The second kappa shape index (κ2) is 8.45. The molecule has 6 nitrogen and oxygen atoms in total. The number of halogens is 1. The maximum absolute atomic E-state index is 13.8. The summed E-state index contributed by atoms with van der Waals surface area (Å²) < 4.78 is 13.8. The Labute approximate surface area is 208 Å². The van der Waals surface area contributed by atoms with E-state index in [2.05, 4.69) is 30.7 Å². The van der Waals surface area contributed by atoms with Crippen molar-refractivity contribution in [1.29, 1.82) is 0 Å². The Morgan fingerprint density at radius 3 is 2.44 bits per heavy atom.